The first-order chi connectivity index (χ1) is 13.1. The third-order valence-corrected chi connectivity index (χ3v) is 5.41. The number of rotatable bonds is 6. The lowest BCUT2D eigenvalue weighted by molar-refractivity contribution is 0.0952. The number of hydrogen-bond acceptors (Lipinski definition) is 4. The summed E-state index contributed by atoms with van der Waals surface area (Å²) >= 11 is 0. The predicted molar refractivity (Wildman–Crippen MR) is 105 cm³/mol. The van der Waals surface area contributed by atoms with Gasteiger partial charge in [0.1, 0.15) is 5.69 Å². The van der Waals surface area contributed by atoms with Gasteiger partial charge in [-0.05, 0) is 49.2 Å². The molecule has 146 valence electrons. The number of methoxy groups -OCH3 is 2. The van der Waals surface area contributed by atoms with Crippen LogP contribution in [0.15, 0.2) is 30.3 Å². The van der Waals surface area contributed by atoms with Crippen molar-refractivity contribution in [3.8, 4) is 11.5 Å². The molecule has 6 heteroatoms. The number of piperidine rings is 1. The van der Waals surface area contributed by atoms with E-state index in [1.165, 1.54) is 24.1 Å². The van der Waals surface area contributed by atoms with Gasteiger partial charge < -0.3 is 19.4 Å². The fourth-order valence-corrected chi connectivity index (χ4v) is 3.95. The van der Waals surface area contributed by atoms with Crippen molar-refractivity contribution in [3.63, 3.8) is 0 Å². The van der Waals surface area contributed by atoms with Crippen LogP contribution in [0.5, 0.6) is 11.5 Å². The maximum atomic E-state index is 12.1. The topological polar surface area (TPSA) is 55.7 Å². The Kier molecular flexibility index (Phi) is 6.06. The van der Waals surface area contributed by atoms with Crippen molar-refractivity contribution < 1.29 is 14.3 Å². The van der Waals surface area contributed by atoms with Crippen molar-refractivity contribution >= 4 is 5.91 Å². The maximum absolute atomic E-state index is 12.1. The van der Waals surface area contributed by atoms with Gasteiger partial charge in [0, 0.05) is 26.3 Å². The van der Waals surface area contributed by atoms with Crippen LogP contribution in [0.25, 0.3) is 0 Å². The molecule has 1 fully saturated rings. The van der Waals surface area contributed by atoms with Gasteiger partial charge in [0.15, 0.2) is 11.5 Å². The highest BCUT2D eigenvalue weighted by Crippen LogP contribution is 2.34. The number of benzene rings is 1. The Hall–Kier alpha value is -2.47. The van der Waals surface area contributed by atoms with Gasteiger partial charge in [-0.2, -0.15) is 0 Å². The molecule has 0 radical (unpaired) electrons. The molecule has 0 bridgehead atoms. The summed E-state index contributed by atoms with van der Waals surface area (Å²) in [6, 6.07) is 10.4. The number of nitrogens with zero attached hydrogens (tertiary/aromatic N) is 2. The molecular formula is C21H29N3O3. The molecule has 1 aromatic carbocycles. The molecule has 0 spiro atoms. The van der Waals surface area contributed by atoms with Crippen LogP contribution in [0.2, 0.25) is 0 Å². The number of carbonyl (C=O) groups excluding carboxylic acids is 1. The van der Waals surface area contributed by atoms with Gasteiger partial charge in [-0.15, -0.1) is 0 Å². The molecule has 2 heterocycles. The molecule has 1 aliphatic rings. The smallest absolute Gasteiger partial charge is 0.267 e. The van der Waals surface area contributed by atoms with E-state index < -0.39 is 0 Å². The Morgan fingerprint density at radius 1 is 1.15 bits per heavy atom. The minimum Gasteiger partial charge on any atom is -0.493 e. The summed E-state index contributed by atoms with van der Waals surface area (Å²) in [4.78, 5) is 14.6. The Balaban J connectivity index is 1.84. The molecular weight excluding hydrogens is 342 g/mol. The zero-order valence-corrected chi connectivity index (χ0v) is 16.6. The van der Waals surface area contributed by atoms with Crippen molar-refractivity contribution in [1.29, 1.82) is 0 Å². The van der Waals surface area contributed by atoms with E-state index in [9.17, 15) is 4.79 Å². The molecule has 1 atom stereocenters. The van der Waals surface area contributed by atoms with Crippen LogP contribution >= 0.6 is 0 Å². The van der Waals surface area contributed by atoms with Crippen LogP contribution in [0, 0.1) is 0 Å². The van der Waals surface area contributed by atoms with E-state index in [1.807, 2.05) is 29.8 Å². The first-order valence-corrected chi connectivity index (χ1v) is 9.41. The maximum Gasteiger partial charge on any atom is 0.267 e. The second-order valence-electron chi connectivity index (χ2n) is 6.95. The van der Waals surface area contributed by atoms with Crippen molar-refractivity contribution in [3.05, 3.63) is 47.3 Å². The van der Waals surface area contributed by atoms with E-state index in [4.69, 9.17) is 9.47 Å². The predicted octanol–water partition coefficient (Wildman–Crippen LogP) is 3.13. The molecule has 1 N–H and O–H groups in total. The lowest BCUT2D eigenvalue weighted by atomic mass is 9.98. The fourth-order valence-electron chi connectivity index (χ4n) is 3.95. The van der Waals surface area contributed by atoms with Gasteiger partial charge in [0.25, 0.3) is 5.91 Å². The van der Waals surface area contributed by atoms with Crippen LogP contribution in [-0.2, 0) is 13.6 Å². The van der Waals surface area contributed by atoms with Crippen LogP contribution in [0.3, 0.4) is 0 Å². The summed E-state index contributed by atoms with van der Waals surface area (Å²) in [6.45, 7) is 1.88. The third-order valence-electron chi connectivity index (χ3n) is 5.41. The number of nitrogens with one attached hydrogen (secondary N) is 1. The van der Waals surface area contributed by atoms with Crippen molar-refractivity contribution in [1.82, 2.24) is 14.8 Å². The highest BCUT2D eigenvalue weighted by molar-refractivity contribution is 5.92. The monoisotopic (exact) mass is 371 g/mol. The molecule has 0 saturated carbocycles. The molecule has 1 saturated heterocycles. The summed E-state index contributed by atoms with van der Waals surface area (Å²) in [5, 5.41) is 2.71. The quantitative estimate of drug-likeness (QED) is 0.848. The second kappa shape index (κ2) is 8.48. The number of hydrogen-bond donors (Lipinski definition) is 1. The highest BCUT2D eigenvalue weighted by Gasteiger charge is 2.27. The molecule has 27 heavy (non-hydrogen) atoms. The van der Waals surface area contributed by atoms with Crippen molar-refractivity contribution in [2.24, 2.45) is 7.05 Å². The standard InChI is InChI=1S/C21H29N3O3/c1-22-21(25)18-10-9-16(23(18)2)17-7-5-6-12-24(17)14-15-8-11-19(26-3)20(13-15)27-4/h8-11,13,17H,5-7,12,14H2,1-4H3,(H,22,25). The Morgan fingerprint density at radius 2 is 1.93 bits per heavy atom. The van der Waals surface area contributed by atoms with Crippen LogP contribution in [-0.4, -0.2) is 43.2 Å². The van der Waals surface area contributed by atoms with E-state index in [-0.39, 0.29) is 5.91 Å². The average molecular weight is 371 g/mol. The first kappa shape index (κ1) is 19.3. The van der Waals surface area contributed by atoms with E-state index in [2.05, 4.69) is 22.3 Å². The van der Waals surface area contributed by atoms with E-state index in [1.54, 1.807) is 21.3 Å². The van der Waals surface area contributed by atoms with Crippen LogP contribution < -0.4 is 14.8 Å². The number of amides is 1. The van der Waals surface area contributed by atoms with Crippen LogP contribution in [0.4, 0.5) is 0 Å². The number of aromatic nitrogens is 1. The van der Waals surface area contributed by atoms with Gasteiger partial charge in [-0.3, -0.25) is 9.69 Å². The molecule has 1 unspecified atom stereocenters. The van der Waals surface area contributed by atoms with Crippen LogP contribution in [0.1, 0.15) is 47.1 Å². The summed E-state index contributed by atoms with van der Waals surface area (Å²) in [5.41, 5.74) is 3.08. The summed E-state index contributed by atoms with van der Waals surface area (Å²) in [6.07, 6.45) is 3.49. The molecule has 1 amide bonds. The normalized spacial score (nSPS) is 17.6. The lowest BCUT2D eigenvalue weighted by Gasteiger charge is -2.36. The number of carbonyl (C=O) groups is 1. The zero-order chi connectivity index (χ0) is 19.4. The Bertz CT molecular complexity index is 800. The minimum atomic E-state index is -0.0500. The third kappa shape index (κ3) is 3.95. The molecule has 2 aromatic rings. The highest BCUT2D eigenvalue weighted by atomic mass is 16.5. The van der Waals surface area contributed by atoms with Gasteiger partial charge >= 0.3 is 0 Å². The largest absolute Gasteiger partial charge is 0.493 e. The second-order valence-corrected chi connectivity index (χ2v) is 6.95. The molecule has 3 rings (SSSR count). The summed E-state index contributed by atoms with van der Waals surface area (Å²) in [7, 11) is 6.95. The molecule has 0 aliphatic carbocycles. The molecule has 1 aliphatic heterocycles. The lowest BCUT2D eigenvalue weighted by Crippen LogP contribution is -2.34. The van der Waals surface area contributed by atoms with Crippen molar-refractivity contribution in [2.45, 2.75) is 31.8 Å². The van der Waals surface area contributed by atoms with Gasteiger partial charge in [-0.1, -0.05) is 12.5 Å². The van der Waals surface area contributed by atoms with Gasteiger partial charge in [-0.25, -0.2) is 0 Å². The SMILES string of the molecule is CNC(=O)c1ccc(C2CCCCN2Cc2ccc(OC)c(OC)c2)n1C. The van der Waals surface area contributed by atoms with Crippen molar-refractivity contribution in [2.75, 3.05) is 27.8 Å². The van der Waals surface area contributed by atoms with E-state index in [0.717, 1.165) is 31.0 Å². The molecule has 1 aromatic heterocycles. The number of ether oxygens (including phenoxy) is 2. The Labute approximate surface area is 161 Å². The molecule has 6 nitrogen and oxygen atoms in total. The zero-order valence-electron chi connectivity index (χ0n) is 16.6. The van der Waals surface area contributed by atoms with Gasteiger partial charge in [0.2, 0.25) is 0 Å². The van der Waals surface area contributed by atoms with E-state index in [0.29, 0.717) is 11.7 Å². The number of likely N-dealkylation sites (tertiary alicyclic amines) is 1. The summed E-state index contributed by atoms with van der Waals surface area (Å²) < 4.78 is 12.8. The first-order valence-electron chi connectivity index (χ1n) is 9.41. The summed E-state index contributed by atoms with van der Waals surface area (Å²) in [5.74, 6) is 1.45. The fraction of sp³-hybridized carbons (Fsp3) is 0.476. The Morgan fingerprint density at radius 3 is 2.63 bits per heavy atom. The van der Waals surface area contributed by atoms with Gasteiger partial charge in [0.05, 0.1) is 20.3 Å². The average Bonchev–Trinajstić information content (AvgIpc) is 3.09. The van der Waals surface area contributed by atoms with E-state index >= 15 is 0 Å². The minimum absolute atomic E-state index is 0.0500.